The number of amides is 3. The lowest BCUT2D eigenvalue weighted by molar-refractivity contribution is -0.130. The number of methoxy groups -OCH3 is 1. The number of nitrogens with zero attached hydrogens (tertiary/aromatic N) is 2. The molecule has 1 aromatic carbocycles. The van der Waals surface area contributed by atoms with E-state index in [4.69, 9.17) is 4.74 Å². The Kier molecular flexibility index (Phi) is 6.89. The van der Waals surface area contributed by atoms with Crippen LogP contribution in [0.2, 0.25) is 0 Å². The Morgan fingerprint density at radius 3 is 2.42 bits per heavy atom. The molecule has 1 aliphatic rings. The van der Waals surface area contributed by atoms with Gasteiger partial charge in [0, 0.05) is 37.8 Å². The number of aryl methyl sites for hydroxylation is 2. The quantitative estimate of drug-likeness (QED) is 0.896. The third kappa shape index (κ3) is 5.13. The van der Waals surface area contributed by atoms with Gasteiger partial charge in [-0.15, -0.1) is 0 Å². The second kappa shape index (κ2) is 8.92. The SMILES string of the molecule is COc1cc(C)cc(C)c1CC(=O)N1CCCN(C(=O)NC(C)C)CC1. The van der Waals surface area contributed by atoms with Crippen LogP contribution in [0.4, 0.5) is 4.79 Å². The van der Waals surface area contributed by atoms with Gasteiger partial charge in [0.1, 0.15) is 5.75 Å². The molecule has 6 nitrogen and oxygen atoms in total. The lowest BCUT2D eigenvalue weighted by atomic mass is 10.0. The normalized spacial score (nSPS) is 15.0. The molecule has 0 aliphatic carbocycles. The van der Waals surface area contributed by atoms with E-state index in [0.29, 0.717) is 32.6 Å². The summed E-state index contributed by atoms with van der Waals surface area (Å²) in [4.78, 5) is 28.7. The summed E-state index contributed by atoms with van der Waals surface area (Å²) in [5, 5.41) is 2.92. The molecule has 0 unspecified atom stereocenters. The highest BCUT2D eigenvalue weighted by molar-refractivity contribution is 5.80. The summed E-state index contributed by atoms with van der Waals surface area (Å²) < 4.78 is 5.47. The van der Waals surface area contributed by atoms with Crippen LogP contribution < -0.4 is 10.1 Å². The van der Waals surface area contributed by atoms with Crippen molar-refractivity contribution < 1.29 is 14.3 Å². The van der Waals surface area contributed by atoms with Gasteiger partial charge in [-0.1, -0.05) is 6.07 Å². The number of ether oxygens (including phenoxy) is 1. The van der Waals surface area contributed by atoms with Gasteiger partial charge in [0.15, 0.2) is 0 Å². The van der Waals surface area contributed by atoms with Gasteiger partial charge in [-0.3, -0.25) is 4.79 Å². The van der Waals surface area contributed by atoms with Gasteiger partial charge in [-0.05, 0) is 51.3 Å². The van der Waals surface area contributed by atoms with Gasteiger partial charge in [-0.2, -0.15) is 0 Å². The predicted molar refractivity (Wildman–Crippen MR) is 103 cm³/mol. The zero-order valence-electron chi connectivity index (χ0n) is 16.6. The van der Waals surface area contributed by atoms with Gasteiger partial charge in [0.05, 0.1) is 13.5 Å². The molecule has 1 fully saturated rings. The van der Waals surface area contributed by atoms with Crippen LogP contribution in [0.5, 0.6) is 5.75 Å². The standard InChI is InChI=1S/C20H31N3O3/c1-14(2)21-20(25)23-8-6-7-22(9-10-23)19(24)13-17-16(4)11-15(3)12-18(17)26-5/h11-12,14H,6-10,13H2,1-5H3,(H,21,25). The summed E-state index contributed by atoms with van der Waals surface area (Å²) in [7, 11) is 1.64. The predicted octanol–water partition coefficient (Wildman–Crippen LogP) is 2.51. The number of benzene rings is 1. The molecular weight excluding hydrogens is 330 g/mol. The van der Waals surface area contributed by atoms with E-state index >= 15 is 0 Å². The van der Waals surface area contributed by atoms with Crippen LogP contribution in [0.1, 0.15) is 37.0 Å². The Balaban J connectivity index is 2.02. The van der Waals surface area contributed by atoms with E-state index in [0.717, 1.165) is 28.9 Å². The van der Waals surface area contributed by atoms with E-state index in [1.54, 1.807) is 12.0 Å². The first-order valence-electron chi connectivity index (χ1n) is 9.29. The van der Waals surface area contributed by atoms with Crippen LogP contribution in [0.25, 0.3) is 0 Å². The van der Waals surface area contributed by atoms with E-state index in [1.165, 1.54) is 0 Å². The highest BCUT2D eigenvalue weighted by atomic mass is 16.5. The molecule has 1 saturated heterocycles. The maximum absolute atomic E-state index is 12.8. The first-order valence-corrected chi connectivity index (χ1v) is 9.29. The largest absolute Gasteiger partial charge is 0.496 e. The summed E-state index contributed by atoms with van der Waals surface area (Å²) in [6, 6.07) is 4.10. The monoisotopic (exact) mass is 361 g/mol. The fourth-order valence-electron chi connectivity index (χ4n) is 3.34. The molecule has 1 aliphatic heterocycles. The third-order valence-corrected chi connectivity index (χ3v) is 4.67. The smallest absolute Gasteiger partial charge is 0.317 e. The van der Waals surface area contributed by atoms with E-state index in [1.807, 2.05) is 38.7 Å². The van der Waals surface area contributed by atoms with Gasteiger partial charge in [-0.25, -0.2) is 4.79 Å². The average Bonchev–Trinajstić information content (AvgIpc) is 2.82. The van der Waals surface area contributed by atoms with Crippen molar-refractivity contribution in [2.75, 3.05) is 33.3 Å². The average molecular weight is 361 g/mol. The Morgan fingerprint density at radius 2 is 1.77 bits per heavy atom. The molecule has 1 N–H and O–H groups in total. The highest BCUT2D eigenvalue weighted by Gasteiger charge is 2.23. The first kappa shape index (κ1) is 20.1. The molecule has 1 heterocycles. The molecule has 2 rings (SSSR count). The topological polar surface area (TPSA) is 61.9 Å². The van der Waals surface area contributed by atoms with Crippen LogP contribution in [0, 0.1) is 13.8 Å². The third-order valence-electron chi connectivity index (χ3n) is 4.67. The zero-order chi connectivity index (χ0) is 19.3. The number of nitrogens with one attached hydrogen (secondary N) is 1. The van der Waals surface area contributed by atoms with Crippen LogP contribution in [-0.4, -0.2) is 61.1 Å². The lowest BCUT2D eigenvalue weighted by Gasteiger charge is -2.24. The lowest BCUT2D eigenvalue weighted by Crippen LogP contribution is -2.45. The molecule has 0 spiro atoms. The molecular formula is C20H31N3O3. The Morgan fingerprint density at radius 1 is 1.12 bits per heavy atom. The van der Waals surface area contributed by atoms with Crippen molar-refractivity contribution in [2.45, 2.75) is 46.6 Å². The molecule has 3 amide bonds. The van der Waals surface area contributed by atoms with Crippen molar-refractivity contribution in [3.63, 3.8) is 0 Å². The summed E-state index contributed by atoms with van der Waals surface area (Å²) in [5.74, 6) is 0.852. The molecule has 26 heavy (non-hydrogen) atoms. The molecule has 0 aromatic heterocycles. The van der Waals surface area contributed by atoms with E-state index in [-0.39, 0.29) is 18.0 Å². The van der Waals surface area contributed by atoms with Gasteiger partial charge in [0.25, 0.3) is 0 Å². The van der Waals surface area contributed by atoms with Gasteiger partial charge >= 0.3 is 6.03 Å². The summed E-state index contributed by atoms with van der Waals surface area (Å²) >= 11 is 0. The highest BCUT2D eigenvalue weighted by Crippen LogP contribution is 2.25. The van der Waals surface area contributed by atoms with Crippen molar-refractivity contribution >= 4 is 11.9 Å². The van der Waals surface area contributed by atoms with Crippen molar-refractivity contribution in [1.29, 1.82) is 0 Å². The number of carbonyl (C=O) groups is 2. The summed E-state index contributed by atoms with van der Waals surface area (Å²) in [5.41, 5.74) is 3.14. The van der Waals surface area contributed by atoms with Crippen molar-refractivity contribution in [3.05, 3.63) is 28.8 Å². The zero-order valence-corrected chi connectivity index (χ0v) is 16.6. The van der Waals surface area contributed by atoms with Crippen LogP contribution in [0.3, 0.4) is 0 Å². The minimum atomic E-state index is -0.0506. The summed E-state index contributed by atoms with van der Waals surface area (Å²) in [6.45, 7) is 10.4. The number of carbonyl (C=O) groups excluding carboxylic acids is 2. The van der Waals surface area contributed by atoms with Gasteiger partial charge in [0.2, 0.25) is 5.91 Å². The fourth-order valence-corrected chi connectivity index (χ4v) is 3.34. The Bertz CT molecular complexity index is 658. The number of hydrogen-bond acceptors (Lipinski definition) is 3. The molecule has 1 aromatic rings. The molecule has 6 heteroatoms. The number of hydrogen-bond donors (Lipinski definition) is 1. The van der Waals surface area contributed by atoms with E-state index in [2.05, 4.69) is 11.4 Å². The second-order valence-corrected chi connectivity index (χ2v) is 7.26. The van der Waals surface area contributed by atoms with Gasteiger partial charge < -0.3 is 19.9 Å². The molecule has 0 atom stereocenters. The second-order valence-electron chi connectivity index (χ2n) is 7.26. The minimum Gasteiger partial charge on any atom is -0.496 e. The van der Waals surface area contributed by atoms with Crippen molar-refractivity contribution in [1.82, 2.24) is 15.1 Å². The van der Waals surface area contributed by atoms with Crippen LogP contribution in [-0.2, 0) is 11.2 Å². The molecule has 0 bridgehead atoms. The Labute approximate surface area is 156 Å². The molecule has 0 radical (unpaired) electrons. The maximum atomic E-state index is 12.8. The van der Waals surface area contributed by atoms with Crippen LogP contribution in [0.15, 0.2) is 12.1 Å². The minimum absolute atomic E-state index is 0.0506. The van der Waals surface area contributed by atoms with Crippen molar-refractivity contribution in [2.24, 2.45) is 0 Å². The first-order chi connectivity index (χ1) is 12.3. The molecule has 0 saturated carbocycles. The van der Waals surface area contributed by atoms with E-state index in [9.17, 15) is 9.59 Å². The number of urea groups is 1. The van der Waals surface area contributed by atoms with E-state index < -0.39 is 0 Å². The summed E-state index contributed by atoms with van der Waals surface area (Å²) in [6.07, 6.45) is 1.12. The number of rotatable bonds is 4. The Hall–Kier alpha value is -2.24. The molecule has 144 valence electrons. The van der Waals surface area contributed by atoms with Crippen molar-refractivity contribution in [3.8, 4) is 5.75 Å². The maximum Gasteiger partial charge on any atom is 0.317 e. The van der Waals surface area contributed by atoms with Crippen LogP contribution >= 0.6 is 0 Å². The fraction of sp³-hybridized carbons (Fsp3) is 0.600.